The van der Waals surface area contributed by atoms with Gasteiger partial charge >= 0.3 is 11.5 Å². The zero-order valence-electron chi connectivity index (χ0n) is 9.75. The Morgan fingerprint density at radius 1 is 1.39 bits per heavy atom. The van der Waals surface area contributed by atoms with E-state index in [-0.39, 0.29) is 22.3 Å². The fourth-order valence-corrected chi connectivity index (χ4v) is 1.90. The third-order valence-corrected chi connectivity index (χ3v) is 2.85. The number of thioether (sulfide) groups is 1. The predicted molar refractivity (Wildman–Crippen MR) is 63.5 cm³/mol. The largest absolute Gasteiger partial charge is 0.467 e. The van der Waals surface area contributed by atoms with E-state index in [1.165, 1.54) is 32.2 Å². The lowest BCUT2D eigenvalue weighted by Gasteiger charge is -2.16. The van der Waals surface area contributed by atoms with Gasteiger partial charge in [-0.3, -0.25) is 0 Å². The van der Waals surface area contributed by atoms with E-state index >= 15 is 0 Å². The van der Waals surface area contributed by atoms with Gasteiger partial charge in [0.05, 0.1) is 7.11 Å². The van der Waals surface area contributed by atoms with Gasteiger partial charge in [-0.1, -0.05) is 12.1 Å². The van der Waals surface area contributed by atoms with Crippen LogP contribution in [0.2, 0.25) is 0 Å². The van der Waals surface area contributed by atoms with Crippen molar-refractivity contribution < 1.29 is 22.7 Å². The molecule has 0 aliphatic heterocycles. The number of esters is 1. The van der Waals surface area contributed by atoms with Crippen molar-refractivity contribution >= 4 is 23.4 Å². The van der Waals surface area contributed by atoms with E-state index in [2.05, 4.69) is 10.1 Å². The predicted octanol–water partition coefficient (Wildman–Crippen LogP) is 3.27. The lowest BCUT2D eigenvalue weighted by molar-refractivity contribution is -0.141. The zero-order chi connectivity index (χ0) is 13.8. The van der Waals surface area contributed by atoms with Crippen molar-refractivity contribution in [1.29, 1.82) is 0 Å². The van der Waals surface area contributed by atoms with Crippen molar-refractivity contribution in [1.82, 2.24) is 0 Å². The molecular weight excluding hydrogens is 267 g/mol. The first-order valence-corrected chi connectivity index (χ1v) is 5.84. The molecule has 0 heterocycles. The molecule has 0 bridgehead atoms. The summed E-state index contributed by atoms with van der Waals surface area (Å²) in [7, 11) is 1.22. The third-order valence-electron chi connectivity index (χ3n) is 2.04. The van der Waals surface area contributed by atoms with Gasteiger partial charge in [0.2, 0.25) is 0 Å². The van der Waals surface area contributed by atoms with E-state index in [9.17, 15) is 18.0 Å². The molecule has 0 fully saturated rings. The van der Waals surface area contributed by atoms with Crippen molar-refractivity contribution in [2.24, 2.45) is 0 Å². The molecule has 1 atom stereocenters. The Labute approximate surface area is 107 Å². The number of anilines is 1. The molecule has 7 heteroatoms. The van der Waals surface area contributed by atoms with Gasteiger partial charge in [0.25, 0.3) is 0 Å². The number of para-hydroxylation sites is 1. The van der Waals surface area contributed by atoms with Crippen LogP contribution in [0.4, 0.5) is 18.9 Å². The van der Waals surface area contributed by atoms with Crippen LogP contribution < -0.4 is 5.32 Å². The van der Waals surface area contributed by atoms with Crippen LogP contribution in [-0.4, -0.2) is 24.6 Å². The molecular formula is C11H12F3NO2S. The van der Waals surface area contributed by atoms with Crippen molar-refractivity contribution in [3.8, 4) is 0 Å². The first-order chi connectivity index (χ1) is 8.33. The van der Waals surface area contributed by atoms with Crippen molar-refractivity contribution in [3.63, 3.8) is 0 Å². The molecule has 3 nitrogen and oxygen atoms in total. The van der Waals surface area contributed by atoms with Gasteiger partial charge in [0.15, 0.2) is 0 Å². The highest BCUT2D eigenvalue weighted by Crippen LogP contribution is 2.40. The molecule has 1 unspecified atom stereocenters. The van der Waals surface area contributed by atoms with Crippen LogP contribution >= 0.6 is 11.8 Å². The number of halogens is 3. The van der Waals surface area contributed by atoms with E-state index in [0.29, 0.717) is 0 Å². The molecule has 0 aromatic heterocycles. The SMILES string of the molecule is COC(=O)C(C)Nc1ccccc1SC(F)(F)F. The molecule has 0 aliphatic rings. The summed E-state index contributed by atoms with van der Waals surface area (Å²) in [5.41, 5.74) is -4.12. The molecule has 0 amide bonds. The highest BCUT2D eigenvalue weighted by molar-refractivity contribution is 8.00. The summed E-state index contributed by atoms with van der Waals surface area (Å²) < 4.78 is 41.5. The molecule has 0 saturated heterocycles. The number of rotatable bonds is 4. The van der Waals surface area contributed by atoms with Gasteiger partial charge in [-0.2, -0.15) is 13.2 Å². The zero-order valence-corrected chi connectivity index (χ0v) is 10.6. The van der Waals surface area contributed by atoms with Gasteiger partial charge in [0, 0.05) is 10.6 Å². The Balaban J connectivity index is 2.85. The summed E-state index contributed by atoms with van der Waals surface area (Å²) in [4.78, 5) is 11.2. The van der Waals surface area contributed by atoms with E-state index in [1.54, 1.807) is 6.07 Å². The minimum atomic E-state index is -4.37. The van der Waals surface area contributed by atoms with Crippen molar-refractivity contribution in [2.45, 2.75) is 23.4 Å². The van der Waals surface area contributed by atoms with E-state index in [4.69, 9.17) is 0 Å². The van der Waals surface area contributed by atoms with Crippen LogP contribution in [-0.2, 0) is 9.53 Å². The van der Waals surface area contributed by atoms with Crippen molar-refractivity contribution in [3.05, 3.63) is 24.3 Å². The summed E-state index contributed by atoms with van der Waals surface area (Å²) in [5.74, 6) is -0.540. The van der Waals surface area contributed by atoms with Crippen LogP contribution in [0.1, 0.15) is 6.92 Å². The number of benzene rings is 1. The standard InChI is InChI=1S/C11H12F3NO2S/c1-7(10(16)17-2)15-8-5-3-4-6-9(8)18-11(12,13)14/h3-7,15H,1-2H3. The Kier molecular flexibility index (Phi) is 4.89. The Bertz CT molecular complexity index is 423. The summed E-state index contributed by atoms with van der Waals surface area (Å²) >= 11 is -0.226. The minimum absolute atomic E-state index is 0.0146. The molecule has 1 N–H and O–H groups in total. The average molecular weight is 279 g/mol. The number of alkyl halides is 3. The average Bonchev–Trinajstić information content (AvgIpc) is 2.28. The smallest absolute Gasteiger partial charge is 0.446 e. The summed E-state index contributed by atoms with van der Waals surface area (Å²) in [6.45, 7) is 1.51. The lowest BCUT2D eigenvalue weighted by Crippen LogP contribution is -2.27. The fourth-order valence-electron chi connectivity index (χ4n) is 1.27. The van der Waals surface area contributed by atoms with Crippen LogP contribution in [0, 0.1) is 0 Å². The molecule has 0 radical (unpaired) electrons. The summed E-state index contributed by atoms with van der Waals surface area (Å²) in [6.07, 6.45) is 0. The maximum Gasteiger partial charge on any atom is 0.446 e. The second kappa shape index (κ2) is 5.99. The second-order valence-corrected chi connectivity index (χ2v) is 4.54. The van der Waals surface area contributed by atoms with Gasteiger partial charge in [0.1, 0.15) is 6.04 Å². The quantitative estimate of drug-likeness (QED) is 0.678. The Hall–Kier alpha value is -1.37. The highest BCUT2D eigenvalue weighted by atomic mass is 32.2. The fraction of sp³-hybridized carbons (Fsp3) is 0.364. The monoisotopic (exact) mass is 279 g/mol. The van der Waals surface area contributed by atoms with Crippen molar-refractivity contribution in [2.75, 3.05) is 12.4 Å². The summed E-state index contributed by atoms with van der Waals surface area (Å²) in [6, 6.07) is 5.19. The second-order valence-electron chi connectivity index (χ2n) is 3.43. The Morgan fingerprint density at radius 3 is 2.56 bits per heavy atom. The van der Waals surface area contributed by atoms with Crippen LogP contribution in [0.5, 0.6) is 0 Å². The number of ether oxygens (including phenoxy) is 1. The number of carbonyl (C=O) groups excluding carboxylic acids is 1. The third kappa shape index (κ3) is 4.48. The number of nitrogens with one attached hydrogen (secondary N) is 1. The normalized spacial score (nSPS) is 12.9. The van der Waals surface area contributed by atoms with E-state index < -0.39 is 17.5 Å². The maximum absolute atomic E-state index is 12.3. The lowest BCUT2D eigenvalue weighted by atomic mass is 10.2. The Morgan fingerprint density at radius 2 is 2.00 bits per heavy atom. The number of hydrogen-bond donors (Lipinski definition) is 1. The number of hydrogen-bond acceptors (Lipinski definition) is 4. The first-order valence-electron chi connectivity index (χ1n) is 5.02. The molecule has 0 aliphatic carbocycles. The van der Waals surface area contributed by atoms with Crippen LogP contribution in [0.25, 0.3) is 0 Å². The van der Waals surface area contributed by atoms with Gasteiger partial charge < -0.3 is 10.1 Å². The minimum Gasteiger partial charge on any atom is -0.467 e. The molecule has 1 aromatic carbocycles. The highest BCUT2D eigenvalue weighted by Gasteiger charge is 2.30. The summed E-state index contributed by atoms with van der Waals surface area (Å²) in [5, 5.41) is 2.69. The molecule has 0 spiro atoms. The van der Waals surface area contributed by atoms with Crippen LogP contribution in [0.3, 0.4) is 0 Å². The molecule has 0 saturated carbocycles. The first kappa shape index (κ1) is 14.7. The maximum atomic E-state index is 12.3. The van der Waals surface area contributed by atoms with Gasteiger partial charge in [-0.05, 0) is 30.8 Å². The number of methoxy groups -OCH3 is 1. The number of carbonyl (C=O) groups is 1. The molecule has 1 aromatic rings. The van der Waals surface area contributed by atoms with Crippen LogP contribution in [0.15, 0.2) is 29.2 Å². The molecule has 18 heavy (non-hydrogen) atoms. The molecule has 1 rings (SSSR count). The van der Waals surface area contributed by atoms with Gasteiger partial charge in [-0.25, -0.2) is 4.79 Å². The van der Waals surface area contributed by atoms with E-state index in [1.807, 2.05) is 0 Å². The van der Waals surface area contributed by atoms with Gasteiger partial charge in [-0.15, -0.1) is 0 Å². The topological polar surface area (TPSA) is 38.3 Å². The molecule has 100 valence electrons. The van der Waals surface area contributed by atoms with E-state index in [0.717, 1.165) is 0 Å².